The zero-order chi connectivity index (χ0) is 16.7. The molecule has 3 unspecified atom stereocenters. The second-order valence-electron chi connectivity index (χ2n) is 6.89. The smallest absolute Gasteiger partial charge is 0.152 e. The molecule has 3 N–H and O–H groups in total. The van der Waals surface area contributed by atoms with Crippen LogP contribution in [0.4, 0.5) is 0 Å². The fourth-order valence-corrected chi connectivity index (χ4v) is 3.64. The number of aryl methyl sites for hydroxylation is 2. The second kappa shape index (κ2) is 7.24. The number of benzene rings is 2. The van der Waals surface area contributed by atoms with Gasteiger partial charge in [0.2, 0.25) is 0 Å². The van der Waals surface area contributed by atoms with Crippen LogP contribution in [0.1, 0.15) is 47.2 Å². The zero-order valence-electron chi connectivity index (χ0n) is 14.6. The van der Waals surface area contributed by atoms with Crippen molar-refractivity contribution < 1.29 is 9.47 Å². The van der Waals surface area contributed by atoms with Crippen LogP contribution >= 0.6 is 12.4 Å². The van der Waals surface area contributed by atoms with E-state index in [9.17, 15) is 0 Å². The third kappa shape index (κ3) is 3.61. The number of hydrogen-bond acceptors (Lipinski definition) is 4. The molecule has 0 radical (unpaired) electrons. The Kier molecular flexibility index (Phi) is 5.23. The van der Waals surface area contributed by atoms with Crippen LogP contribution in [0.5, 0.6) is 11.5 Å². The van der Waals surface area contributed by atoms with Crippen LogP contribution in [0.3, 0.4) is 0 Å². The van der Waals surface area contributed by atoms with Crippen LogP contribution in [0.2, 0.25) is 0 Å². The van der Waals surface area contributed by atoms with E-state index in [0.29, 0.717) is 0 Å². The summed E-state index contributed by atoms with van der Waals surface area (Å²) in [4.78, 5) is 0. The molecule has 2 heterocycles. The molecule has 3 atom stereocenters. The van der Waals surface area contributed by atoms with Gasteiger partial charge in [-0.2, -0.15) is 0 Å². The summed E-state index contributed by atoms with van der Waals surface area (Å²) in [6.45, 7) is 4.92. The topological polar surface area (TPSA) is 56.5 Å². The van der Waals surface area contributed by atoms with Crippen molar-refractivity contribution >= 4 is 12.4 Å². The van der Waals surface area contributed by atoms with Crippen LogP contribution in [0, 0.1) is 13.8 Å². The van der Waals surface area contributed by atoms with Crippen molar-refractivity contribution in [3.8, 4) is 11.5 Å². The van der Waals surface area contributed by atoms with E-state index in [1.165, 1.54) is 16.7 Å². The molecule has 0 bridgehead atoms. The molecule has 0 amide bonds. The molecular formula is C20H25ClN2O2. The summed E-state index contributed by atoms with van der Waals surface area (Å²) in [5.74, 6) is 1.87. The molecule has 4 rings (SSSR count). The maximum atomic E-state index is 6.38. The normalized spacial score (nSPS) is 24.2. The number of nitrogens with one attached hydrogen (secondary N) is 1. The summed E-state index contributed by atoms with van der Waals surface area (Å²) in [6, 6.07) is 12.8. The standard InChI is InChI=1S/C20H24N2O2.ClH/c1-12-4-6-19-14(9-12)16(21)11-20(24-19)22-17-7-8-23-18-5-3-13(2)10-15(17)18;/h3-6,9-10,16-17,20,22H,7-8,11,21H2,1-2H3;1H. The predicted octanol–water partition coefficient (Wildman–Crippen LogP) is 3.95. The highest BCUT2D eigenvalue weighted by atomic mass is 35.5. The summed E-state index contributed by atoms with van der Waals surface area (Å²) in [7, 11) is 0. The number of hydrogen-bond donors (Lipinski definition) is 2. The van der Waals surface area contributed by atoms with Crippen LogP contribution in [-0.2, 0) is 0 Å². The van der Waals surface area contributed by atoms with Gasteiger partial charge in [-0.1, -0.05) is 35.4 Å². The first kappa shape index (κ1) is 18.1. The van der Waals surface area contributed by atoms with Crippen molar-refractivity contribution in [1.29, 1.82) is 0 Å². The molecule has 0 saturated carbocycles. The van der Waals surface area contributed by atoms with E-state index in [-0.39, 0.29) is 30.7 Å². The molecule has 0 aliphatic carbocycles. The number of halogens is 1. The first-order valence-electron chi connectivity index (χ1n) is 8.62. The average molecular weight is 361 g/mol. The largest absolute Gasteiger partial charge is 0.493 e. The van der Waals surface area contributed by atoms with Crippen molar-refractivity contribution in [3.63, 3.8) is 0 Å². The van der Waals surface area contributed by atoms with Crippen LogP contribution in [0.25, 0.3) is 0 Å². The van der Waals surface area contributed by atoms with Crippen molar-refractivity contribution in [2.45, 2.75) is 45.0 Å². The number of ether oxygens (including phenoxy) is 2. The van der Waals surface area contributed by atoms with E-state index in [1.54, 1.807) is 0 Å². The van der Waals surface area contributed by atoms with E-state index in [1.807, 2.05) is 6.07 Å². The molecule has 0 spiro atoms. The molecule has 0 aromatic heterocycles. The van der Waals surface area contributed by atoms with Gasteiger partial charge in [-0.15, -0.1) is 12.4 Å². The van der Waals surface area contributed by atoms with Gasteiger partial charge in [-0.3, -0.25) is 5.32 Å². The average Bonchev–Trinajstić information content (AvgIpc) is 2.56. The minimum atomic E-state index is -0.0772. The molecule has 25 heavy (non-hydrogen) atoms. The summed E-state index contributed by atoms with van der Waals surface area (Å²) in [5, 5.41) is 3.64. The van der Waals surface area contributed by atoms with Crippen LogP contribution in [0.15, 0.2) is 36.4 Å². The van der Waals surface area contributed by atoms with Crippen molar-refractivity contribution in [3.05, 3.63) is 58.7 Å². The maximum absolute atomic E-state index is 6.38. The lowest BCUT2D eigenvalue weighted by Crippen LogP contribution is -2.43. The Morgan fingerprint density at radius 2 is 1.68 bits per heavy atom. The van der Waals surface area contributed by atoms with E-state index in [4.69, 9.17) is 15.2 Å². The Labute approximate surface area is 155 Å². The van der Waals surface area contributed by atoms with Gasteiger partial charge in [0.05, 0.1) is 6.61 Å². The molecule has 2 aliphatic heterocycles. The zero-order valence-corrected chi connectivity index (χ0v) is 15.4. The quantitative estimate of drug-likeness (QED) is 0.851. The lowest BCUT2D eigenvalue weighted by molar-refractivity contribution is 0.101. The van der Waals surface area contributed by atoms with Gasteiger partial charge in [0, 0.05) is 36.1 Å². The molecule has 5 heteroatoms. The number of nitrogens with two attached hydrogens (primary N) is 1. The Hall–Kier alpha value is -1.75. The highest BCUT2D eigenvalue weighted by Gasteiger charge is 2.30. The first-order valence-corrected chi connectivity index (χ1v) is 8.62. The van der Waals surface area contributed by atoms with E-state index in [2.05, 4.69) is 49.5 Å². The fraction of sp³-hybridized carbons (Fsp3) is 0.400. The SMILES string of the molecule is Cc1ccc2c(c1)C(N)CC(NC1CCOc3ccc(C)cc31)O2.Cl. The summed E-state index contributed by atoms with van der Waals surface area (Å²) in [5.41, 5.74) is 11.2. The van der Waals surface area contributed by atoms with Gasteiger partial charge in [0.1, 0.15) is 11.5 Å². The van der Waals surface area contributed by atoms with Crippen molar-refractivity contribution in [2.75, 3.05) is 6.61 Å². The van der Waals surface area contributed by atoms with Crippen molar-refractivity contribution in [1.82, 2.24) is 5.32 Å². The highest BCUT2D eigenvalue weighted by molar-refractivity contribution is 5.85. The molecule has 0 saturated heterocycles. The Morgan fingerprint density at radius 3 is 2.44 bits per heavy atom. The van der Waals surface area contributed by atoms with E-state index < -0.39 is 0 Å². The van der Waals surface area contributed by atoms with Crippen LogP contribution < -0.4 is 20.5 Å². The highest BCUT2D eigenvalue weighted by Crippen LogP contribution is 2.37. The number of rotatable bonds is 2. The van der Waals surface area contributed by atoms with Gasteiger partial charge >= 0.3 is 0 Å². The minimum Gasteiger partial charge on any atom is -0.493 e. The van der Waals surface area contributed by atoms with E-state index in [0.717, 1.165) is 36.5 Å². The molecule has 0 fully saturated rings. The minimum absolute atomic E-state index is 0. The monoisotopic (exact) mass is 360 g/mol. The summed E-state index contributed by atoms with van der Waals surface area (Å²) < 4.78 is 12.0. The Balaban J connectivity index is 0.00000182. The lowest BCUT2D eigenvalue weighted by Gasteiger charge is -2.35. The Bertz CT molecular complexity index is 765. The molecule has 134 valence electrons. The predicted molar refractivity (Wildman–Crippen MR) is 102 cm³/mol. The molecule has 2 aliphatic rings. The van der Waals surface area contributed by atoms with Gasteiger partial charge in [0.25, 0.3) is 0 Å². The van der Waals surface area contributed by atoms with Gasteiger partial charge in [-0.05, 0) is 26.0 Å². The Morgan fingerprint density at radius 1 is 1.00 bits per heavy atom. The molecule has 4 nitrogen and oxygen atoms in total. The second-order valence-corrected chi connectivity index (χ2v) is 6.89. The fourth-order valence-electron chi connectivity index (χ4n) is 3.64. The van der Waals surface area contributed by atoms with E-state index >= 15 is 0 Å². The maximum Gasteiger partial charge on any atom is 0.152 e. The van der Waals surface area contributed by atoms with Gasteiger partial charge in [0.15, 0.2) is 6.23 Å². The summed E-state index contributed by atoms with van der Waals surface area (Å²) in [6.07, 6.45) is 1.63. The number of fused-ring (bicyclic) bond motifs is 2. The lowest BCUT2D eigenvalue weighted by atomic mass is 9.95. The third-order valence-electron chi connectivity index (χ3n) is 4.89. The van der Waals surface area contributed by atoms with Crippen molar-refractivity contribution in [2.24, 2.45) is 5.73 Å². The van der Waals surface area contributed by atoms with Gasteiger partial charge < -0.3 is 15.2 Å². The first-order chi connectivity index (χ1) is 11.6. The molecule has 2 aromatic carbocycles. The molecule has 2 aromatic rings. The summed E-state index contributed by atoms with van der Waals surface area (Å²) >= 11 is 0. The molecular weight excluding hydrogens is 336 g/mol. The third-order valence-corrected chi connectivity index (χ3v) is 4.89. The van der Waals surface area contributed by atoms with Gasteiger partial charge in [-0.25, -0.2) is 0 Å². The van der Waals surface area contributed by atoms with Crippen LogP contribution in [-0.4, -0.2) is 12.8 Å².